The summed E-state index contributed by atoms with van der Waals surface area (Å²) in [7, 11) is 0. The molecule has 3 heterocycles. The first-order valence-corrected chi connectivity index (χ1v) is 8.62. The number of para-hydroxylation sites is 1. The Hall–Kier alpha value is -2.73. The third-order valence-corrected chi connectivity index (χ3v) is 4.43. The molecule has 1 fully saturated rings. The van der Waals surface area contributed by atoms with Crippen molar-refractivity contribution in [3.05, 3.63) is 66.7 Å². The van der Waals surface area contributed by atoms with Gasteiger partial charge in [0.1, 0.15) is 11.9 Å². The minimum absolute atomic E-state index is 0.277. The number of nitrogens with zero attached hydrogens (tertiary/aromatic N) is 5. The Morgan fingerprint density at radius 3 is 2.52 bits per heavy atom. The van der Waals surface area contributed by atoms with Crippen molar-refractivity contribution in [3.8, 4) is 11.4 Å². The van der Waals surface area contributed by atoms with Crippen LogP contribution in [0.1, 0.15) is 18.5 Å². The number of hydrogen-bond acceptors (Lipinski definition) is 5. The Kier molecular flexibility index (Phi) is 4.70. The van der Waals surface area contributed by atoms with Crippen LogP contribution in [-0.2, 0) is 6.54 Å². The van der Waals surface area contributed by atoms with Gasteiger partial charge in [-0.3, -0.25) is 9.88 Å². The molecule has 128 valence electrons. The van der Waals surface area contributed by atoms with Crippen LogP contribution >= 0.6 is 0 Å². The Bertz CT molecular complexity index is 782. The molecule has 1 saturated heterocycles. The van der Waals surface area contributed by atoms with Crippen molar-refractivity contribution in [2.75, 3.05) is 13.1 Å². The minimum atomic E-state index is 0.277. The van der Waals surface area contributed by atoms with Crippen molar-refractivity contribution in [1.82, 2.24) is 24.9 Å². The number of hydrogen-bond donors (Lipinski definition) is 0. The maximum Gasteiger partial charge on any atom is 0.122 e. The zero-order valence-corrected chi connectivity index (χ0v) is 14.0. The van der Waals surface area contributed by atoms with Gasteiger partial charge in [-0.15, -0.1) is 5.10 Å². The lowest BCUT2D eigenvalue weighted by Gasteiger charge is -2.31. The van der Waals surface area contributed by atoms with Gasteiger partial charge in [-0.25, -0.2) is 4.68 Å². The molecule has 0 bridgehead atoms. The summed E-state index contributed by atoms with van der Waals surface area (Å²) in [6, 6.07) is 13.9. The van der Waals surface area contributed by atoms with E-state index >= 15 is 0 Å². The Morgan fingerprint density at radius 2 is 1.76 bits per heavy atom. The Labute approximate surface area is 147 Å². The SMILES string of the molecule is c1ccc(-n2cc(CN3CCC(Oc4ccncc4)CC3)nn2)cc1. The molecular weight excluding hydrogens is 314 g/mol. The van der Waals surface area contributed by atoms with Gasteiger partial charge in [-0.2, -0.15) is 0 Å². The van der Waals surface area contributed by atoms with Crippen molar-refractivity contribution in [3.63, 3.8) is 0 Å². The summed E-state index contributed by atoms with van der Waals surface area (Å²) < 4.78 is 7.85. The minimum Gasteiger partial charge on any atom is -0.490 e. The molecule has 0 radical (unpaired) electrons. The summed E-state index contributed by atoms with van der Waals surface area (Å²) in [5.41, 5.74) is 2.03. The second-order valence-electron chi connectivity index (χ2n) is 6.27. The zero-order valence-electron chi connectivity index (χ0n) is 14.0. The molecule has 3 aromatic rings. The van der Waals surface area contributed by atoms with E-state index < -0.39 is 0 Å². The number of likely N-dealkylation sites (tertiary alicyclic amines) is 1. The first-order valence-electron chi connectivity index (χ1n) is 8.62. The number of ether oxygens (including phenoxy) is 1. The van der Waals surface area contributed by atoms with Crippen LogP contribution < -0.4 is 4.74 Å². The van der Waals surface area contributed by atoms with Gasteiger partial charge in [0.2, 0.25) is 0 Å². The molecule has 2 aromatic heterocycles. The van der Waals surface area contributed by atoms with Crippen LogP contribution in [0.15, 0.2) is 61.1 Å². The van der Waals surface area contributed by atoms with E-state index in [1.54, 1.807) is 12.4 Å². The Morgan fingerprint density at radius 1 is 1.00 bits per heavy atom. The Balaban J connectivity index is 1.30. The van der Waals surface area contributed by atoms with Gasteiger partial charge in [-0.1, -0.05) is 23.4 Å². The predicted octanol–water partition coefficient (Wildman–Crippen LogP) is 2.71. The van der Waals surface area contributed by atoms with Crippen LogP contribution in [0.5, 0.6) is 5.75 Å². The summed E-state index contributed by atoms with van der Waals surface area (Å²) >= 11 is 0. The van der Waals surface area contributed by atoms with E-state index in [2.05, 4.69) is 20.2 Å². The fraction of sp³-hybridized carbons (Fsp3) is 0.316. The number of pyridine rings is 1. The molecule has 0 unspecified atom stereocenters. The van der Waals surface area contributed by atoms with Gasteiger partial charge in [0.15, 0.2) is 0 Å². The number of piperidine rings is 1. The fourth-order valence-electron chi connectivity index (χ4n) is 3.10. The average molecular weight is 335 g/mol. The van der Waals surface area contributed by atoms with Gasteiger partial charge < -0.3 is 4.74 Å². The smallest absolute Gasteiger partial charge is 0.122 e. The molecule has 0 N–H and O–H groups in total. The fourth-order valence-corrected chi connectivity index (χ4v) is 3.10. The van der Waals surface area contributed by atoms with Crippen molar-refractivity contribution in [2.24, 2.45) is 0 Å². The van der Waals surface area contributed by atoms with Crippen LogP contribution in [0, 0.1) is 0 Å². The monoisotopic (exact) mass is 335 g/mol. The number of aromatic nitrogens is 4. The molecule has 0 atom stereocenters. The first-order chi connectivity index (χ1) is 12.4. The number of benzene rings is 1. The van der Waals surface area contributed by atoms with Gasteiger partial charge in [0.05, 0.1) is 17.6 Å². The second-order valence-corrected chi connectivity index (χ2v) is 6.27. The first kappa shape index (κ1) is 15.8. The normalized spacial score (nSPS) is 16.0. The van der Waals surface area contributed by atoms with E-state index in [-0.39, 0.29) is 6.10 Å². The molecule has 0 amide bonds. The highest BCUT2D eigenvalue weighted by Crippen LogP contribution is 2.19. The molecular formula is C19H21N5O. The van der Waals surface area contributed by atoms with Crippen LogP contribution in [-0.4, -0.2) is 44.1 Å². The van der Waals surface area contributed by atoms with Gasteiger partial charge >= 0.3 is 0 Å². The van der Waals surface area contributed by atoms with E-state index in [1.807, 2.05) is 53.3 Å². The standard InChI is InChI=1S/C19H21N5O/c1-2-4-17(5-3-1)24-15-16(21-22-24)14-23-12-8-19(9-13-23)25-18-6-10-20-11-7-18/h1-7,10-11,15,19H,8-9,12-14H2. The molecule has 6 heteroatoms. The molecule has 1 aliphatic rings. The van der Waals surface area contributed by atoms with Crippen molar-refractivity contribution < 1.29 is 4.74 Å². The third kappa shape index (κ3) is 4.03. The molecule has 1 aliphatic heterocycles. The van der Waals surface area contributed by atoms with Crippen molar-refractivity contribution in [1.29, 1.82) is 0 Å². The highest BCUT2D eigenvalue weighted by Gasteiger charge is 2.21. The summed E-state index contributed by atoms with van der Waals surface area (Å²) in [6.07, 6.45) is 7.86. The zero-order chi connectivity index (χ0) is 16.9. The van der Waals surface area contributed by atoms with Gasteiger partial charge in [0.25, 0.3) is 0 Å². The lowest BCUT2D eigenvalue weighted by Crippen LogP contribution is -2.37. The van der Waals surface area contributed by atoms with Crippen LogP contribution in [0.25, 0.3) is 5.69 Å². The maximum absolute atomic E-state index is 6.02. The van der Waals surface area contributed by atoms with E-state index in [0.29, 0.717) is 0 Å². The topological polar surface area (TPSA) is 56.1 Å². The molecule has 6 nitrogen and oxygen atoms in total. The summed E-state index contributed by atoms with van der Waals surface area (Å²) in [5.74, 6) is 0.902. The molecule has 25 heavy (non-hydrogen) atoms. The molecule has 0 aliphatic carbocycles. The summed E-state index contributed by atoms with van der Waals surface area (Å²) in [5, 5.41) is 8.54. The van der Waals surface area contributed by atoms with Gasteiger partial charge in [-0.05, 0) is 37.1 Å². The molecule has 0 spiro atoms. The second kappa shape index (κ2) is 7.44. The van der Waals surface area contributed by atoms with E-state index in [1.165, 1.54) is 0 Å². The highest BCUT2D eigenvalue weighted by atomic mass is 16.5. The number of rotatable bonds is 5. The molecule has 0 saturated carbocycles. The van der Waals surface area contributed by atoms with E-state index in [0.717, 1.165) is 49.6 Å². The lowest BCUT2D eigenvalue weighted by molar-refractivity contribution is 0.0960. The maximum atomic E-state index is 6.02. The largest absolute Gasteiger partial charge is 0.490 e. The summed E-state index contributed by atoms with van der Waals surface area (Å²) in [6.45, 7) is 2.84. The van der Waals surface area contributed by atoms with E-state index in [4.69, 9.17) is 4.74 Å². The highest BCUT2D eigenvalue weighted by molar-refractivity contribution is 5.29. The molecule has 1 aromatic carbocycles. The van der Waals surface area contributed by atoms with Crippen LogP contribution in [0.3, 0.4) is 0 Å². The quantitative estimate of drug-likeness (QED) is 0.717. The van der Waals surface area contributed by atoms with Crippen LogP contribution in [0.2, 0.25) is 0 Å². The predicted molar refractivity (Wildman–Crippen MR) is 94.5 cm³/mol. The average Bonchev–Trinajstić information content (AvgIpc) is 3.14. The van der Waals surface area contributed by atoms with Crippen molar-refractivity contribution in [2.45, 2.75) is 25.5 Å². The van der Waals surface area contributed by atoms with Gasteiger partial charge in [0, 0.05) is 32.0 Å². The van der Waals surface area contributed by atoms with Crippen molar-refractivity contribution >= 4 is 0 Å². The third-order valence-electron chi connectivity index (χ3n) is 4.43. The molecule has 4 rings (SSSR count). The lowest BCUT2D eigenvalue weighted by atomic mass is 10.1. The summed E-state index contributed by atoms with van der Waals surface area (Å²) in [4.78, 5) is 6.43. The van der Waals surface area contributed by atoms with E-state index in [9.17, 15) is 0 Å². The van der Waals surface area contributed by atoms with Crippen LogP contribution in [0.4, 0.5) is 0 Å².